The van der Waals surface area contributed by atoms with E-state index in [2.05, 4.69) is 43.8 Å². The second kappa shape index (κ2) is 19.4. The summed E-state index contributed by atoms with van der Waals surface area (Å²) in [5.41, 5.74) is 2.38. The Bertz CT molecular complexity index is 1640. The number of esters is 2. The molecule has 0 N–H and O–H groups in total. The van der Waals surface area contributed by atoms with Gasteiger partial charge >= 0.3 is 11.9 Å². The lowest BCUT2D eigenvalue weighted by atomic mass is 10.1. The third-order valence-corrected chi connectivity index (χ3v) is 9.08. The summed E-state index contributed by atoms with van der Waals surface area (Å²) in [4.78, 5) is 30.7. The topological polar surface area (TPSA) is 127 Å². The number of fused-ring (bicyclic) bond motifs is 1. The maximum absolute atomic E-state index is 11.9. The molecule has 0 saturated heterocycles. The third-order valence-electron chi connectivity index (χ3n) is 7.15. The smallest absolute Gasteiger partial charge is 0.330 e. The number of hydrogen-bond acceptors (Lipinski definition) is 13. The van der Waals surface area contributed by atoms with Gasteiger partial charge in [-0.3, -0.25) is 4.79 Å². The van der Waals surface area contributed by atoms with E-state index in [1.54, 1.807) is 19.1 Å². The van der Waals surface area contributed by atoms with E-state index < -0.39 is 12.3 Å². The van der Waals surface area contributed by atoms with Gasteiger partial charge in [0.05, 0.1) is 22.6 Å². The quantitative estimate of drug-likeness (QED) is 0.0297. The Morgan fingerprint density at radius 2 is 1.62 bits per heavy atom. The normalized spacial score (nSPS) is 12.1. The summed E-state index contributed by atoms with van der Waals surface area (Å²) in [7, 11) is 0. The maximum Gasteiger partial charge on any atom is 0.330 e. The Kier molecular flexibility index (Phi) is 14.7. The number of hydrogen-bond donors (Lipinski definition) is 0. The third kappa shape index (κ3) is 11.6. The van der Waals surface area contributed by atoms with Crippen molar-refractivity contribution in [2.75, 3.05) is 24.6 Å². The van der Waals surface area contributed by atoms with Gasteiger partial charge in [-0.05, 0) is 67.9 Å². The van der Waals surface area contributed by atoms with Gasteiger partial charge in [-0.25, -0.2) is 9.78 Å². The second-order valence-electron chi connectivity index (χ2n) is 10.7. The fourth-order valence-corrected chi connectivity index (χ4v) is 6.41. The van der Waals surface area contributed by atoms with Crippen LogP contribution in [0, 0.1) is 0 Å². The Balaban J connectivity index is 1.29. The van der Waals surface area contributed by atoms with Crippen LogP contribution in [0.1, 0.15) is 65.7 Å². The number of azo groups is 2. The van der Waals surface area contributed by atoms with Crippen LogP contribution in [0.5, 0.6) is 5.75 Å². The number of carbonyl (C=O) groups is 2. The molecule has 2 aromatic carbocycles. The molecule has 0 fully saturated rings. The molecule has 0 spiro atoms. The molecule has 0 radical (unpaired) electrons. The van der Waals surface area contributed by atoms with Crippen LogP contribution in [0.25, 0.3) is 9.53 Å². The standard InChI is InChI=1S/C35H42N6O5S2/c1-5-9-10-11-12-13-33(46-32(43)7-3)45-28-20-16-26(17-21-28)37-39-30-24-29-34(48-30)36-35(47-29)40-38-25-14-18-27(19-15-25)41(8-4)22-23-44-31(42)6-2/h6,14-21,24,33H,2,5,7-13,22-23H2,1,3-4H3/b39-37+,40-38+. The highest BCUT2D eigenvalue weighted by Crippen LogP contribution is 2.39. The van der Waals surface area contributed by atoms with Gasteiger partial charge in [0.15, 0.2) is 0 Å². The zero-order chi connectivity index (χ0) is 34.1. The van der Waals surface area contributed by atoms with Gasteiger partial charge in [0.25, 0.3) is 0 Å². The van der Waals surface area contributed by atoms with Gasteiger partial charge in [-0.15, -0.1) is 20.5 Å². The molecule has 48 heavy (non-hydrogen) atoms. The number of aromatic nitrogens is 1. The fraction of sp³-hybridized carbons (Fsp3) is 0.400. The molecule has 0 aliphatic carbocycles. The highest BCUT2D eigenvalue weighted by molar-refractivity contribution is 7.30. The van der Waals surface area contributed by atoms with Crippen LogP contribution in [-0.4, -0.2) is 42.9 Å². The van der Waals surface area contributed by atoms with Gasteiger partial charge in [0.2, 0.25) is 11.4 Å². The summed E-state index contributed by atoms with van der Waals surface area (Å²) in [5.74, 6) is -0.0848. The Hall–Kier alpha value is -4.49. The van der Waals surface area contributed by atoms with Crippen LogP contribution in [-0.2, 0) is 19.1 Å². The molecule has 0 saturated carbocycles. The van der Waals surface area contributed by atoms with Crippen molar-refractivity contribution in [3.05, 3.63) is 67.3 Å². The molecule has 2 heterocycles. The van der Waals surface area contributed by atoms with Gasteiger partial charge in [0.1, 0.15) is 22.2 Å². The molecule has 4 rings (SSSR count). The summed E-state index contributed by atoms with van der Waals surface area (Å²) >= 11 is 2.86. The Labute approximate surface area is 289 Å². The van der Waals surface area contributed by atoms with E-state index in [0.29, 0.717) is 41.6 Å². The molecule has 0 amide bonds. The molecule has 11 nitrogen and oxygen atoms in total. The lowest BCUT2D eigenvalue weighted by Crippen LogP contribution is -2.27. The number of unbranched alkanes of at least 4 members (excludes halogenated alkanes) is 4. The lowest BCUT2D eigenvalue weighted by Gasteiger charge is -2.22. The van der Waals surface area contributed by atoms with Gasteiger partial charge in [-0.1, -0.05) is 68.8 Å². The number of rotatable bonds is 20. The van der Waals surface area contributed by atoms with Crippen LogP contribution in [0.15, 0.2) is 87.7 Å². The molecular weight excluding hydrogens is 649 g/mol. The monoisotopic (exact) mass is 690 g/mol. The first-order valence-electron chi connectivity index (χ1n) is 16.2. The number of thiazole rings is 1. The van der Waals surface area contributed by atoms with Crippen LogP contribution in [0.2, 0.25) is 0 Å². The maximum atomic E-state index is 11.9. The summed E-state index contributed by atoms with van der Waals surface area (Å²) in [6, 6.07) is 16.9. The number of benzene rings is 2. The molecule has 2 aromatic heterocycles. The van der Waals surface area contributed by atoms with Crippen LogP contribution >= 0.6 is 22.7 Å². The van der Waals surface area contributed by atoms with Gasteiger partial charge < -0.3 is 19.1 Å². The number of ether oxygens (including phenoxy) is 3. The number of anilines is 1. The molecule has 13 heteroatoms. The van der Waals surface area contributed by atoms with Gasteiger partial charge in [0, 0.05) is 31.1 Å². The fourth-order valence-electron chi connectivity index (χ4n) is 4.56. The SMILES string of the molecule is C=CC(=O)OCCN(CC)c1ccc(/N=N/c2nc3sc(/N=N/c4ccc(OC(CCCCCCC)OC(=O)CC)cc4)cc3s2)cc1. The molecule has 0 bridgehead atoms. The number of nitrogens with zero attached hydrogens (tertiary/aromatic N) is 6. The van der Waals surface area contributed by atoms with Crippen molar-refractivity contribution in [3.8, 4) is 5.75 Å². The van der Waals surface area contributed by atoms with Crippen molar-refractivity contribution in [2.24, 2.45) is 20.5 Å². The predicted octanol–water partition coefficient (Wildman–Crippen LogP) is 10.8. The predicted molar refractivity (Wildman–Crippen MR) is 192 cm³/mol. The van der Waals surface area contributed by atoms with Crippen molar-refractivity contribution in [1.82, 2.24) is 4.98 Å². The lowest BCUT2D eigenvalue weighted by molar-refractivity contribution is -0.164. The number of thiophene rings is 1. The van der Waals surface area contributed by atoms with Crippen molar-refractivity contribution < 1.29 is 23.8 Å². The van der Waals surface area contributed by atoms with E-state index in [1.807, 2.05) is 49.4 Å². The second-order valence-corrected chi connectivity index (χ2v) is 12.7. The molecule has 0 aliphatic rings. The Morgan fingerprint density at radius 1 is 0.917 bits per heavy atom. The van der Waals surface area contributed by atoms with Gasteiger partial charge in [-0.2, -0.15) is 0 Å². The number of carbonyl (C=O) groups excluding carboxylic acids is 2. The van der Waals surface area contributed by atoms with E-state index in [0.717, 1.165) is 45.7 Å². The van der Waals surface area contributed by atoms with Crippen LogP contribution in [0.4, 0.5) is 27.2 Å². The minimum atomic E-state index is -0.604. The zero-order valence-electron chi connectivity index (χ0n) is 27.7. The first kappa shape index (κ1) is 36.3. The van der Waals surface area contributed by atoms with E-state index in [4.69, 9.17) is 14.2 Å². The minimum Gasteiger partial charge on any atom is -0.461 e. The van der Waals surface area contributed by atoms with Crippen molar-refractivity contribution in [2.45, 2.75) is 72.0 Å². The van der Waals surface area contributed by atoms with Crippen LogP contribution < -0.4 is 9.64 Å². The van der Waals surface area contributed by atoms with Crippen LogP contribution in [0.3, 0.4) is 0 Å². The molecular formula is C35H42N6O5S2. The highest BCUT2D eigenvalue weighted by atomic mass is 32.1. The zero-order valence-corrected chi connectivity index (χ0v) is 29.3. The van der Waals surface area contributed by atoms with E-state index in [1.165, 1.54) is 41.9 Å². The summed E-state index contributed by atoms with van der Waals surface area (Å²) in [6.07, 6.45) is 7.12. The van der Waals surface area contributed by atoms with E-state index in [-0.39, 0.29) is 12.6 Å². The molecule has 1 atom stereocenters. The van der Waals surface area contributed by atoms with Crippen molar-refractivity contribution in [3.63, 3.8) is 0 Å². The average molecular weight is 691 g/mol. The summed E-state index contributed by atoms with van der Waals surface area (Å²) in [6.45, 7) is 11.0. The average Bonchev–Trinajstić information content (AvgIpc) is 3.67. The highest BCUT2D eigenvalue weighted by Gasteiger charge is 2.15. The molecule has 254 valence electrons. The molecule has 4 aromatic rings. The van der Waals surface area contributed by atoms with E-state index in [9.17, 15) is 9.59 Å². The summed E-state index contributed by atoms with van der Waals surface area (Å²) < 4.78 is 17.6. The molecule has 1 unspecified atom stereocenters. The molecule has 0 aliphatic heterocycles. The largest absolute Gasteiger partial charge is 0.461 e. The Morgan fingerprint density at radius 3 is 2.29 bits per heavy atom. The van der Waals surface area contributed by atoms with E-state index >= 15 is 0 Å². The van der Waals surface area contributed by atoms with Crippen molar-refractivity contribution >= 4 is 71.3 Å². The summed E-state index contributed by atoms with van der Waals surface area (Å²) in [5, 5.41) is 18.7. The van der Waals surface area contributed by atoms with Crippen molar-refractivity contribution in [1.29, 1.82) is 0 Å². The first-order valence-corrected chi connectivity index (χ1v) is 17.9. The minimum absolute atomic E-state index is 0.271. The first-order chi connectivity index (χ1) is 23.4. The number of likely N-dealkylation sites (N-methyl/N-ethyl adjacent to an activating group) is 1.